The number of thioether (sulfide) groups is 1. The Hall–Kier alpha value is -1.45. The van der Waals surface area contributed by atoms with E-state index in [9.17, 15) is 9.59 Å². The first kappa shape index (κ1) is 17.9. The molecule has 23 heavy (non-hydrogen) atoms. The molecule has 0 bridgehead atoms. The largest absolute Gasteiger partial charge is 0.325 e. The van der Waals surface area contributed by atoms with Crippen LogP contribution in [-0.2, 0) is 9.59 Å². The fourth-order valence-electron chi connectivity index (χ4n) is 1.43. The van der Waals surface area contributed by atoms with Crippen molar-refractivity contribution in [3.05, 3.63) is 28.7 Å². The molecule has 9 heteroatoms. The van der Waals surface area contributed by atoms with Crippen LogP contribution in [0.4, 0.5) is 10.8 Å². The average molecular weight is 415 g/mol. The lowest BCUT2D eigenvalue weighted by atomic mass is 10.2. The van der Waals surface area contributed by atoms with Crippen LogP contribution >= 0.6 is 39.0 Å². The van der Waals surface area contributed by atoms with E-state index < -0.39 is 0 Å². The molecule has 0 saturated carbocycles. The summed E-state index contributed by atoms with van der Waals surface area (Å²) in [4.78, 5) is 23.5. The van der Waals surface area contributed by atoms with Crippen molar-refractivity contribution in [1.29, 1.82) is 0 Å². The first-order valence-electron chi connectivity index (χ1n) is 6.76. The van der Waals surface area contributed by atoms with Gasteiger partial charge in [0.2, 0.25) is 16.9 Å². The lowest BCUT2D eigenvalue weighted by Crippen LogP contribution is -2.17. The fraction of sp³-hybridized carbons (Fsp3) is 0.286. The van der Waals surface area contributed by atoms with Crippen LogP contribution in [0.2, 0.25) is 0 Å². The van der Waals surface area contributed by atoms with Gasteiger partial charge in [0.05, 0.1) is 5.75 Å². The van der Waals surface area contributed by atoms with Crippen LogP contribution in [0.25, 0.3) is 0 Å². The number of nitrogens with zero attached hydrogens (tertiary/aromatic N) is 2. The standard InChI is InChI=1S/C14H15BrN4O2S2/c1-8(2)12(21)17-13-18-19-14(23-13)22-7-11(20)16-10-5-3-9(15)4-6-10/h3-6,8H,7H2,1-2H3,(H,16,20)(H,17,18,21). The summed E-state index contributed by atoms with van der Waals surface area (Å²) in [5.74, 6) is -0.124. The fourth-order valence-corrected chi connectivity index (χ4v) is 3.25. The maximum Gasteiger partial charge on any atom is 0.234 e. The Morgan fingerprint density at radius 3 is 2.57 bits per heavy atom. The highest BCUT2D eigenvalue weighted by Gasteiger charge is 2.12. The van der Waals surface area contributed by atoms with E-state index in [0.717, 1.165) is 10.2 Å². The lowest BCUT2D eigenvalue weighted by Gasteiger charge is -2.04. The van der Waals surface area contributed by atoms with Crippen molar-refractivity contribution in [2.75, 3.05) is 16.4 Å². The quantitative estimate of drug-likeness (QED) is 0.556. The molecule has 0 aliphatic carbocycles. The Labute approximate surface area is 150 Å². The molecule has 2 N–H and O–H groups in total. The molecule has 0 fully saturated rings. The normalized spacial score (nSPS) is 10.6. The zero-order chi connectivity index (χ0) is 16.8. The molecular formula is C14H15BrN4O2S2. The third-order valence-corrected chi connectivity index (χ3v) is 5.12. The number of hydrogen-bond donors (Lipinski definition) is 2. The van der Waals surface area contributed by atoms with Crippen LogP contribution in [0.5, 0.6) is 0 Å². The smallest absolute Gasteiger partial charge is 0.234 e. The Kier molecular flexibility index (Phi) is 6.55. The SMILES string of the molecule is CC(C)C(=O)Nc1nnc(SCC(=O)Nc2ccc(Br)cc2)s1. The van der Waals surface area contributed by atoms with E-state index in [-0.39, 0.29) is 23.5 Å². The van der Waals surface area contributed by atoms with Crippen molar-refractivity contribution in [2.45, 2.75) is 18.2 Å². The van der Waals surface area contributed by atoms with E-state index in [2.05, 4.69) is 36.8 Å². The Morgan fingerprint density at radius 2 is 1.91 bits per heavy atom. The van der Waals surface area contributed by atoms with Gasteiger partial charge in [-0.2, -0.15) is 0 Å². The van der Waals surface area contributed by atoms with Crippen LogP contribution < -0.4 is 10.6 Å². The Morgan fingerprint density at radius 1 is 1.22 bits per heavy atom. The summed E-state index contributed by atoms with van der Waals surface area (Å²) in [6.07, 6.45) is 0. The van der Waals surface area contributed by atoms with E-state index in [0.29, 0.717) is 9.47 Å². The number of benzene rings is 1. The van der Waals surface area contributed by atoms with Gasteiger partial charge < -0.3 is 10.6 Å². The molecule has 122 valence electrons. The van der Waals surface area contributed by atoms with Crippen LogP contribution in [-0.4, -0.2) is 27.8 Å². The summed E-state index contributed by atoms with van der Waals surface area (Å²) in [6.45, 7) is 3.61. The number of nitrogens with one attached hydrogen (secondary N) is 2. The van der Waals surface area contributed by atoms with Gasteiger partial charge in [-0.25, -0.2) is 0 Å². The van der Waals surface area contributed by atoms with Gasteiger partial charge >= 0.3 is 0 Å². The number of halogens is 1. The predicted molar refractivity (Wildman–Crippen MR) is 96.9 cm³/mol. The van der Waals surface area contributed by atoms with Crippen molar-refractivity contribution < 1.29 is 9.59 Å². The van der Waals surface area contributed by atoms with Crippen molar-refractivity contribution >= 4 is 61.7 Å². The average Bonchev–Trinajstić information content (AvgIpc) is 2.95. The third kappa shape index (κ3) is 5.92. The number of amides is 2. The molecule has 0 aliphatic rings. The number of carbonyl (C=O) groups is 2. The zero-order valence-corrected chi connectivity index (χ0v) is 15.7. The highest BCUT2D eigenvalue weighted by molar-refractivity contribution is 9.10. The van der Waals surface area contributed by atoms with Gasteiger partial charge in [0.1, 0.15) is 0 Å². The molecular weight excluding hydrogens is 400 g/mol. The third-order valence-electron chi connectivity index (χ3n) is 2.62. The van der Waals surface area contributed by atoms with Crippen molar-refractivity contribution in [3.8, 4) is 0 Å². The number of hydrogen-bond acceptors (Lipinski definition) is 6. The maximum atomic E-state index is 11.9. The van der Waals surface area contributed by atoms with Crippen molar-refractivity contribution in [1.82, 2.24) is 10.2 Å². The molecule has 0 unspecified atom stereocenters. The van der Waals surface area contributed by atoms with E-state index >= 15 is 0 Å². The maximum absolute atomic E-state index is 11.9. The lowest BCUT2D eigenvalue weighted by molar-refractivity contribution is -0.119. The van der Waals surface area contributed by atoms with E-state index in [4.69, 9.17) is 0 Å². The topological polar surface area (TPSA) is 84.0 Å². The summed E-state index contributed by atoms with van der Waals surface area (Å²) in [5, 5.41) is 13.8. The number of aromatic nitrogens is 2. The minimum absolute atomic E-state index is 0.106. The molecule has 2 amide bonds. The molecule has 2 rings (SSSR count). The van der Waals surface area contributed by atoms with Gasteiger partial charge in [0, 0.05) is 16.1 Å². The van der Waals surface area contributed by atoms with E-state index in [1.54, 1.807) is 13.8 Å². The summed E-state index contributed by atoms with van der Waals surface area (Å²) < 4.78 is 1.59. The summed E-state index contributed by atoms with van der Waals surface area (Å²) in [7, 11) is 0. The summed E-state index contributed by atoms with van der Waals surface area (Å²) in [6, 6.07) is 7.35. The summed E-state index contributed by atoms with van der Waals surface area (Å²) >= 11 is 5.87. The molecule has 0 atom stereocenters. The van der Waals surface area contributed by atoms with E-state index in [1.807, 2.05) is 24.3 Å². The van der Waals surface area contributed by atoms with Gasteiger partial charge in [0.15, 0.2) is 4.34 Å². The van der Waals surface area contributed by atoms with Crippen molar-refractivity contribution in [3.63, 3.8) is 0 Å². The predicted octanol–water partition coefficient (Wildman–Crippen LogP) is 3.63. The van der Waals surface area contributed by atoms with Crippen LogP contribution in [0.1, 0.15) is 13.8 Å². The molecule has 1 heterocycles. The Bertz CT molecular complexity index is 688. The molecule has 0 saturated heterocycles. The van der Waals surface area contributed by atoms with Gasteiger partial charge in [-0.3, -0.25) is 9.59 Å². The van der Waals surface area contributed by atoms with Gasteiger partial charge in [-0.05, 0) is 24.3 Å². The minimum atomic E-state index is -0.125. The van der Waals surface area contributed by atoms with Crippen LogP contribution in [0.15, 0.2) is 33.1 Å². The first-order chi connectivity index (χ1) is 10.9. The molecule has 0 aliphatic heterocycles. The second-order valence-electron chi connectivity index (χ2n) is 4.86. The molecule has 6 nitrogen and oxygen atoms in total. The molecule has 1 aromatic heterocycles. The first-order valence-corrected chi connectivity index (χ1v) is 9.36. The van der Waals surface area contributed by atoms with Crippen LogP contribution in [0, 0.1) is 5.92 Å². The molecule has 0 spiro atoms. The highest BCUT2D eigenvalue weighted by Crippen LogP contribution is 2.26. The summed E-state index contributed by atoms with van der Waals surface area (Å²) in [5.41, 5.74) is 0.737. The monoisotopic (exact) mass is 414 g/mol. The minimum Gasteiger partial charge on any atom is -0.325 e. The molecule has 0 radical (unpaired) electrons. The second-order valence-corrected chi connectivity index (χ2v) is 7.98. The number of rotatable bonds is 6. The highest BCUT2D eigenvalue weighted by atomic mass is 79.9. The number of anilines is 2. The van der Waals surface area contributed by atoms with Crippen molar-refractivity contribution in [2.24, 2.45) is 5.92 Å². The van der Waals surface area contributed by atoms with E-state index in [1.165, 1.54) is 23.1 Å². The van der Waals surface area contributed by atoms with Gasteiger partial charge in [-0.1, -0.05) is 52.9 Å². The number of carbonyl (C=O) groups excluding carboxylic acids is 2. The zero-order valence-electron chi connectivity index (χ0n) is 12.5. The van der Waals surface area contributed by atoms with Crippen LogP contribution in [0.3, 0.4) is 0 Å². The second kappa shape index (κ2) is 8.42. The molecule has 1 aromatic carbocycles. The Balaban J connectivity index is 1.81. The van der Waals surface area contributed by atoms with Gasteiger partial charge in [-0.15, -0.1) is 10.2 Å². The van der Waals surface area contributed by atoms with Gasteiger partial charge in [0.25, 0.3) is 0 Å². The molecule has 2 aromatic rings.